The van der Waals surface area contributed by atoms with Crippen LogP contribution in [0, 0.1) is 0 Å². The van der Waals surface area contributed by atoms with E-state index < -0.39 is 6.10 Å². The van der Waals surface area contributed by atoms with Gasteiger partial charge in [0, 0.05) is 19.3 Å². The van der Waals surface area contributed by atoms with Crippen LogP contribution >= 0.6 is 0 Å². The van der Waals surface area contributed by atoms with Crippen molar-refractivity contribution in [1.29, 1.82) is 0 Å². The van der Waals surface area contributed by atoms with Gasteiger partial charge in [-0.15, -0.1) is 0 Å². The van der Waals surface area contributed by atoms with Crippen molar-refractivity contribution in [2.75, 3.05) is 13.2 Å². The predicted molar refractivity (Wildman–Crippen MR) is 293 cm³/mol. The molecule has 0 aromatic heterocycles. The summed E-state index contributed by atoms with van der Waals surface area (Å²) in [7, 11) is 0. The first-order valence-electron chi connectivity index (χ1n) is 30.7. The van der Waals surface area contributed by atoms with Crippen LogP contribution in [0.1, 0.15) is 348 Å². The fraction of sp³-hybridized carbons (Fsp3) is 0.919. The maximum absolute atomic E-state index is 12.8. The van der Waals surface area contributed by atoms with E-state index >= 15 is 0 Å². The molecule has 1 unspecified atom stereocenters. The highest BCUT2D eigenvalue weighted by Gasteiger charge is 2.19. The van der Waals surface area contributed by atoms with Crippen molar-refractivity contribution < 1.29 is 28.6 Å². The van der Waals surface area contributed by atoms with Crippen molar-refractivity contribution in [3.05, 3.63) is 12.2 Å². The molecule has 0 aliphatic rings. The molecule has 0 aromatic carbocycles. The molecule has 0 saturated carbocycles. The SMILES string of the molecule is CCCCCCCCCC/C=C\CCCCCCCCCCCCCCCC(=O)OCC(COC(=O)CCCCCCCCCCCC)OC(=O)CCCCCCCCCCCCCCCCC. The number of rotatable bonds is 57. The van der Waals surface area contributed by atoms with Gasteiger partial charge in [-0.2, -0.15) is 0 Å². The Hall–Kier alpha value is -1.85. The fourth-order valence-electron chi connectivity index (χ4n) is 9.38. The normalized spacial score (nSPS) is 12.0. The summed E-state index contributed by atoms with van der Waals surface area (Å²) in [5, 5.41) is 0. The van der Waals surface area contributed by atoms with Crippen molar-refractivity contribution in [2.24, 2.45) is 0 Å². The van der Waals surface area contributed by atoms with E-state index in [-0.39, 0.29) is 31.1 Å². The molecule has 0 aromatic rings. The Morgan fingerprint density at radius 1 is 0.279 bits per heavy atom. The Morgan fingerprint density at radius 2 is 0.485 bits per heavy atom. The number of hydrogen-bond donors (Lipinski definition) is 0. The average molecular weight is 960 g/mol. The van der Waals surface area contributed by atoms with Gasteiger partial charge in [-0.1, -0.05) is 296 Å². The largest absolute Gasteiger partial charge is 0.462 e. The molecule has 0 radical (unpaired) electrons. The smallest absolute Gasteiger partial charge is 0.306 e. The van der Waals surface area contributed by atoms with Crippen molar-refractivity contribution in [2.45, 2.75) is 354 Å². The third-order valence-electron chi connectivity index (χ3n) is 14.0. The molecule has 6 nitrogen and oxygen atoms in total. The minimum Gasteiger partial charge on any atom is -0.462 e. The topological polar surface area (TPSA) is 78.9 Å². The van der Waals surface area contributed by atoms with Gasteiger partial charge in [0.2, 0.25) is 0 Å². The Kier molecular flexibility index (Phi) is 56.2. The van der Waals surface area contributed by atoms with E-state index in [0.717, 1.165) is 57.8 Å². The summed E-state index contributed by atoms with van der Waals surface area (Å²) >= 11 is 0. The van der Waals surface area contributed by atoms with Crippen LogP contribution in [0.3, 0.4) is 0 Å². The molecule has 0 aliphatic carbocycles. The molecule has 0 saturated heterocycles. The lowest BCUT2D eigenvalue weighted by Gasteiger charge is -2.18. The number of hydrogen-bond acceptors (Lipinski definition) is 6. The van der Waals surface area contributed by atoms with E-state index in [1.807, 2.05) is 0 Å². The molecular weight excluding hydrogens is 841 g/mol. The Balaban J connectivity index is 4.15. The number of allylic oxidation sites excluding steroid dienone is 2. The summed E-state index contributed by atoms with van der Waals surface area (Å²) in [5.74, 6) is -0.840. The zero-order valence-electron chi connectivity index (χ0n) is 46.2. The van der Waals surface area contributed by atoms with Crippen LogP contribution in [0.15, 0.2) is 12.2 Å². The highest BCUT2D eigenvalue weighted by atomic mass is 16.6. The first kappa shape index (κ1) is 66.2. The van der Waals surface area contributed by atoms with Gasteiger partial charge in [0.25, 0.3) is 0 Å². The molecule has 0 bridgehead atoms. The Bertz CT molecular complexity index is 1060. The van der Waals surface area contributed by atoms with Crippen molar-refractivity contribution >= 4 is 17.9 Å². The van der Waals surface area contributed by atoms with Gasteiger partial charge < -0.3 is 14.2 Å². The molecule has 0 rings (SSSR count). The van der Waals surface area contributed by atoms with E-state index in [1.54, 1.807) is 0 Å². The summed E-state index contributed by atoms with van der Waals surface area (Å²) in [6, 6.07) is 0. The van der Waals surface area contributed by atoms with Crippen molar-refractivity contribution in [3.63, 3.8) is 0 Å². The maximum Gasteiger partial charge on any atom is 0.306 e. The molecule has 68 heavy (non-hydrogen) atoms. The second-order valence-electron chi connectivity index (χ2n) is 21.0. The number of esters is 3. The third kappa shape index (κ3) is 55.1. The number of ether oxygens (including phenoxy) is 3. The highest BCUT2D eigenvalue weighted by Crippen LogP contribution is 2.18. The Labute approximate surface area is 424 Å². The number of carbonyl (C=O) groups is 3. The molecule has 402 valence electrons. The lowest BCUT2D eigenvalue weighted by atomic mass is 10.0. The summed E-state index contributed by atoms with van der Waals surface area (Å²) in [5.41, 5.74) is 0. The van der Waals surface area contributed by atoms with Crippen molar-refractivity contribution in [3.8, 4) is 0 Å². The van der Waals surface area contributed by atoms with Crippen LogP contribution < -0.4 is 0 Å². The lowest BCUT2D eigenvalue weighted by molar-refractivity contribution is -0.167. The van der Waals surface area contributed by atoms with Crippen LogP contribution in [0.5, 0.6) is 0 Å². The van der Waals surface area contributed by atoms with E-state index in [2.05, 4.69) is 32.9 Å². The zero-order valence-corrected chi connectivity index (χ0v) is 46.2. The molecular formula is C62H118O6. The molecule has 0 N–H and O–H groups in total. The first-order chi connectivity index (χ1) is 33.5. The summed E-state index contributed by atoms with van der Waals surface area (Å²) < 4.78 is 16.9. The minimum atomic E-state index is -0.763. The molecule has 0 heterocycles. The summed E-state index contributed by atoms with van der Waals surface area (Å²) in [6.45, 7) is 6.69. The molecule has 0 spiro atoms. The maximum atomic E-state index is 12.8. The molecule has 0 amide bonds. The van der Waals surface area contributed by atoms with Gasteiger partial charge in [0.1, 0.15) is 13.2 Å². The fourth-order valence-corrected chi connectivity index (χ4v) is 9.38. The third-order valence-corrected chi connectivity index (χ3v) is 14.0. The van der Waals surface area contributed by atoms with Crippen LogP contribution in [-0.4, -0.2) is 37.2 Å². The second kappa shape index (κ2) is 57.7. The standard InChI is InChI=1S/C62H118O6/c1-4-7-10-13-16-19-22-24-26-27-28-29-30-31-32-33-34-35-37-38-40-43-46-49-52-55-61(64)67-58-59(57-66-60(63)54-51-48-45-42-21-18-15-12-9-6-3)68-62(65)56-53-50-47-44-41-39-36-25-23-20-17-14-11-8-5-2/h27-28,59H,4-26,29-58H2,1-3H3/b28-27-. The van der Waals surface area contributed by atoms with Crippen molar-refractivity contribution in [1.82, 2.24) is 0 Å². The summed E-state index contributed by atoms with van der Waals surface area (Å²) in [6.07, 6.45) is 66.5. The second-order valence-corrected chi connectivity index (χ2v) is 21.0. The molecule has 1 atom stereocenters. The monoisotopic (exact) mass is 959 g/mol. The molecule has 0 fully saturated rings. The average Bonchev–Trinajstić information content (AvgIpc) is 3.34. The first-order valence-corrected chi connectivity index (χ1v) is 30.7. The highest BCUT2D eigenvalue weighted by molar-refractivity contribution is 5.71. The van der Waals surface area contributed by atoms with Gasteiger partial charge in [-0.05, 0) is 44.9 Å². The molecule has 6 heteroatoms. The van der Waals surface area contributed by atoms with Crippen LogP contribution in [-0.2, 0) is 28.6 Å². The molecule has 0 aliphatic heterocycles. The van der Waals surface area contributed by atoms with E-state index in [0.29, 0.717) is 19.3 Å². The van der Waals surface area contributed by atoms with E-state index in [4.69, 9.17) is 14.2 Å². The van der Waals surface area contributed by atoms with Gasteiger partial charge in [0.05, 0.1) is 0 Å². The number of unbranched alkanes of at least 4 members (excludes halogenated alkanes) is 44. The Morgan fingerprint density at radius 3 is 0.735 bits per heavy atom. The number of carbonyl (C=O) groups excluding carboxylic acids is 3. The van der Waals surface area contributed by atoms with Gasteiger partial charge in [-0.3, -0.25) is 14.4 Å². The van der Waals surface area contributed by atoms with Crippen LogP contribution in [0.2, 0.25) is 0 Å². The van der Waals surface area contributed by atoms with Gasteiger partial charge in [0.15, 0.2) is 6.10 Å². The zero-order chi connectivity index (χ0) is 49.3. The van der Waals surface area contributed by atoms with E-state index in [1.165, 1.54) is 250 Å². The lowest BCUT2D eigenvalue weighted by Crippen LogP contribution is -2.30. The van der Waals surface area contributed by atoms with Crippen LogP contribution in [0.25, 0.3) is 0 Å². The van der Waals surface area contributed by atoms with Gasteiger partial charge in [-0.25, -0.2) is 0 Å². The quantitative estimate of drug-likeness (QED) is 0.0262. The minimum absolute atomic E-state index is 0.0637. The van der Waals surface area contributed by atoms with E-state index in [9.17, 15) is 14.4 Å². The van der Waals surface area contributed by atoms with Crippen LogP contribution in [0.4, 0.5) is 0 Å². The predicted octanol–water partition coefficient (Wildman–Crippen LogP) is 20.5. The van der Waals surface area contributed by atoms with Gasteiger partial charge >= 0.3 is 17.9 Å². The summed E-state index contributed by atoms with van der Waals surface area (Å²) in [4.78, 5) is 38.1.